The van der Waals surface area contributed by atoms with Crippen LogP contribution in [-0.4, -0.2) is 27.8 Å². The zero-order chi connectivity index (χ0) is 16.2. The van der Waals surface area contributed by atoms with Crippen molar-refractivity contribution in [3.63, 3.8) is 0 Å². The zero-order valence-electron chi connectivity index (χ0n) is 14.3. The van der Waals surface area contributed by atoms with Crippen molar-refractivity contribution in [2.45, 2.75) is 25.4 Å². The first kappa shape index (κ1) is 17.7. The van der Waals surface area contributed by atoms with Gasteiger partial charge in [-0.1, -0.05) is 60.7 Å². The van der Waals surface area contributed by atoms with Gasteiger partial charge in [0.2, 0.25) is 0 Å². The average Bonchev–Trinajstić information content (AvgIpc) is 3.14. The Balaban J connectivity index is 0.00000182. The van der Waals surface area contributed by atoms with Crippen LogP contribution in [0, 0.1) is 0 Å². The number of hydrogen-bond donors (Lipinski definition) is 0. The molecular weight excluding hydrogens is 330 g/mol. The van der Waals surface area contributed by atoms with Crippen LogP contribution < -0.4 is 0 Å². The minimum atomic E-state index is 0. The lowest BCUT2D eigenvalue weighted by atomic mass is 10.0. The van der Waals surface area contributed by atoms with Crippen LogP contribution in [0.25, 0.3) is 11.3 Å². The summed E-state index contributed by atoms with van der Waals surface area (Å²) in [5, 5.41) is 4.81. The summed E-state index contributed by atoms with van der Waals surface area (Å²) in [5.74, 6) is 0. The van der Waals surface area contributed by atoms with Gasteiger partial charge < -0.3 is 0 Å². The van der Waals surface area contributed by atoms with E-state index in [-0.39, 0.29) is 12.4 Å². The lowest BCUT2D eigenvalue weighted by molar-refractivity contribution is 0.173. The van der Waals surface area contributed by atoms with Crippen LogP contribution >= 0.6 is 12.4 Å². The molecule has 1 fully saturated rings. The molecule has 0 N–H and O–H groups in total. The van der Waals surface area contributed by atoms with Crippen molar-refractivity contribution in [1.82, 2.24) is 14.7 Å². The third-order valence-electron chi connectivity index (χ3n) is 4.86. The first-order chi connectivity index (χ1) is 11.9. The molecule has 0 amide bonds. The van der Waals surface area contributed by atoms with E-state index >= 15 is 0 Å². The van der Waals surface area contributed by atoms with E-state index < -0.39 is 0 Å². The SMILES string of the molecule is Cl.c1ccc(CN2CCC(n3ccc(-c4ccccc4)n3)CC2)cc1. The predicted molar refractivity (Wildman–Crippen MR) is 105 cm³/mol. The third kappa shape index (κ3) is 4.30. The number of piperidine rings is 1. The van der Waals surface area contributed by atoms with Gasteiger partial charge in [0.15, 0.2) is 0 Å². The molecule has 130 valence electrons. The second-order valence-electron chi connectivity index (χ2n) is 6.54. The third-order valence-corrected chi connectivity index (χ3v) is 4.86. The molecular formula is C21H24ClN3. The van der Waals surface area contributed by atoms with Crippen molar-refractivity contribution in [3.05, 3.63) is 78.5 Å². The van der Waals surface area contributed by atoms with Gasteiger partial charge in [-0.2, -0.15) is 5.10 Å². The Labute approximate surface area is 155 Å². The molecule has 3 nitrogen and oxygen atoms in total. The lowest BCUT2D eigenvalue weighted by Gasteiger charge is -2.32. The molecule has 1 aromatic heterocycles. The van der Waals surface area contributed by atoms with Gasteiger partial charge in [-0.25, -0.2) is 0 Å². The molecule has 4 heteroatoms. The van der Waals surface area contributed by atoms with Crippen LogP contribution in [-0.2, 0) is 6.54 Å². The first-order valence-corrected chi connectivity index (χ1v) is 8.75. The van der Waals surface area contributed by atoms with Gasteiger partial charge in [0.25, 0.3) is 0 Å². The number of rotatable bonds is 4. The van der Waals surface area contributed by atoms with E-state index in [0.717, 1.165) is 25.3 Å². The molecule has 0 atom stereocenters. The van der Waals surface area contributed by atoms with Crippen molar-refractivity contribution in [2.24, 2.45) is 0 Å². The summed E-state index contributed by atoms with van der Waals surface area (Å²) < 4.78 is 2.17. The highest BCUT2D eigenvalue weighted by molar-refractivity contribution is 5.85. The minimum absolute atomic E-state index is 0. The van der Waals surface area contributed by atoms with Gasteiger partial charge >= 0.3 is 0 Å². The van der Waals surface area contributed by atoms with E-state index in [0.29, 0.717) is 6.04 Å². The van der Waals surface area contributed by atoms with Crippen LogP contribution in [0.3, 0.4) is 0 Å². The quantitative estimate of drug-likeness (QED) is 0.671. The van der Waals surface area contributed by atoms with Gasteiger partial charge in [0.1, 0.15) is 0 Å². The Hall–Kier alpha value is -2.10. The van der Waals surface area contributed by atoms with Gasteiger partial charge in [-0.3, -0.25) is 9.58 Å². The molecule has 1 saturated heterocycles. The lowest BCUT2D eigenvalue weighted by Crippen LogP contribution is -2.34. The Morgan fingerprint density at radius 1 is 0.840 bits per heavy atom. The maximum Gasteiger partial charge on any atom is 0.0923 e. The van der Waals surface area contributed by atoms with Crippen LogP contribution in [0.15, 0.2) is 72.9 Å². The summed E-state index contributed by atoms with van der Waals surface area (Å²) in [4.78, 5) is 2.55. The zero-order valence-corrected chi connectivity index (χ0v) is 15.1. The average molecular weight is 354 g/mol. The molecule has 1 aliphatic rings. The standard InChI is InChI=1S/C21H23N3.ClH/c1-3-7-18(8-4-1)17-23-14-11-20(12-15-23)24-16-13-21(22-24)19-9-5-2-6-10-19;/h1-10,13,16,20H,11-12,14-15,17H2;1H. The van der Waals surface area contributed by atoms with E-state index in [1.54, 1.807) is 0 Å². The summed E-state index contributed by atoms with van der Waals surface area (Å²) in [5.41, 5.74) is 3.67. The fraction of sp³-hybridized carbons (Fsp3) is 0.286. The molecule has 0 unspecified atom stereocenters. The van der Waals surface area contributed by atoms with E-state index in [1.807, 2.05) is 6.07 Å². The minimum Gasteiger partial charge on any atom is -0.299 e. The normalized spacial score (nSPS) is 15.7. The molecule has 2 heterocycles. The largest absolute Gasteiger partial charge is 0.299 e. The highest BCUT2D eigenvalue weighted by Gasteiger charge is 2.21. The van der Waals surface area contributed by atoms with Gasteiger partial charge in [-0.05, 0) is 24.5 Å². The highest BCUT2D eigenvalue weighted by Crippen LogP contribution is 2.25. The van der Waals surface area contributed by atoms with Crippen LogP contribution in [0.5, 0.6) is 0 Å². The molecule has 3 aromatic rings. The molecule has 0 radical (unpaired) electrons. The van der Waals surface area contributed by atoms with Gasteiger partial charge in [-0.15, -0.1) is 12.4 Å². The first-order valence-electron chi connectivity index (χ1n) is 8.75. The Bertz CT molecular complexity index is 762. The molecule has 2 aromatic carbocycles. The molecule has 4 rings (SSSR count). The molecule has 1 aliphatic heterocycles. The fourth-order valence-electron chi connectivity index (χ4n) is 3.49. The smallest absolute Gasteiger partial charge is 0.0923 e. The molecule has 0 saturated carbocycles. The predicted octanol–water partition coefficient (Wildman–Crippen LogP) is 4.81. The summed E-state index contributed by atoms with van der Waals surface area (Å²) in [6, 6.07) is 23.8. The summed E-state index contributed by atoms with van der Waals surface area (Å²) in [7, 11) is 0. The van der Waals surface area contributed by atoms with Crippen molar-refractivity contribution < 1.29 is 0 Å². The second kappa shape index (κ2) is 8.32. The van der Waals surface area contributed by atoms with Crippen molar-refractivity contribution in [2.75, 3.05) is 13.1 Å². The number of hydrogen-bond acceptors (Lipinski definition) is 2. The highest BCUT2D eigenvalue weighted by atomic mass is 35.5. The number of aromatic nitrogens is 2. The van der Waals surface area contributed by atoms with Gasteiger partial charge in [0, 0.05) is 31.4 Å². The van der Waals surface area contributed by atoms with Gasteiger partial charge in [0.05, 0.1) is 11.7 Å². The molecule has 0 spiro atoms. The topological polar surface area (TPSA) is 21.1 Å². The molecule has 0 bridgehead atoms. The van der Waals surface area contributed by atoms with E-state index in [9.17, 15) is 0 Å². The van der Waals surface area contributed by atoms with Crippen molar-refractivity contribution in [3.8, 4) is 11.3 Å². The summed E-state index contributed by atoms with van der Waals surface area (Å²) in [6.07, 6.45) is 4.48. The maximum absolute atomic E-state index is 4.81. The number of benzene rings is 2. The van der Waals surface area contributed by atoms with Crippen molar-refractivity contribution >= 4 is 12.4 Å². The number of nitrogens with zero attached hydrogens (tertiary/aromatic N) is 3. The maximum atomic E-state index is 4.81. The molecule has 25 heavy (non-hydrogen) atoms. The van der Waals surface area contributed by atoms with Crippen LogP contribution in [0.2, 0.25) is 0 Å². The van der Waals surface area contributed by atoms with Crippen molar-refractivity contribution in [1.29, 1.82) is 0 Å². The van der Waals surface area contributed by atoms with E-state index in [2.05, 4.69) is 76.4 Å². The Kier molecular flexibility index (Phi) is 5.90. The van der Waals surface area contributed by atoms with Crippen LogP contribution in [0.4, 0.5) is 0 Å². The molecule has 0 aliphatic carbocycles. The van der Waals surface area contributed by atoms with E-state index in [1.165, 1.54) is 24.0 Å². The summed E-state index contributed by atoms with van der Waals surface area (Å²) in [6.45, 7) is 3.34. The number of halogens is 1. The van der Waals surface area contributed by atoms with Crippen LogP contribution in [0.1, 0.15) is 24.4 Å². The number of likely N-dealkylation sites (tertiary alicyclic amines) is 1. The monoisotopic (exact) mass is 353 g/mol. The Morgan fingerprint density at radius 2 is 1.48 bits per heavy atom. The van der Waals surface area contributed by atoms with E-state index in [4.69, 9.17) is 5.10 Å². The fourth-order valence-corrected chi connectivity index (χ4v) is 3.49. The Morgan fingerprint density at radius 3 is 2.16 bits per heavy atom. The second-order valence-corrected chi connectivity index (χ2v) is 6.54. The summed E-state index contributed by atoms with van der Waals surface area (Å²) >= 11 is 0.